The van der Waals surface area contributed by atoms with E-state index in [0.29, 0.717) is 53.7 Å². The molecule has 8 nitrogen and oxygen atoms in total. The number of nitrogens with zero attached hydrogens (tertiary/aromatic N) is 3. The number of carbonyl (C=O) groups is 2. The number of methoxy groups -OCH3 is 1. The molecule has 0 bridgehead atoms. The number of likely N-dealkylation sites (tertiary alicyclic amines) is 1. The lowest BCUT2D eigenvalue weighted by atomic mass is 9.86. The number of benzene rings is 1. The number of fused-ring (bicyclic) bond motifs is 1. The Bertz CT molecular complexity index is 1140. The summed E-state index contributed by atoms with van der Waals surface area (Å²) in [6.07, 6.45) is 3.53. The van der Waals surface area contributed by atoms with Crippen molar-refractivity contribution in [3.05, 3.63) is 59.9 Å². The van der Waals surface area contributed by atoms with Crippen molar-refractivity contribution in [2.24, 2.45) is 5.92 Å². The van der Waals surface area contributed by atoms with Crippen LogP contribution < -0.4 is 9.47 Å². The smallest absolute Gasteiger partial charge is 0.271 e. The van der Waals surface area contributed by atoms with Gasteiger partial charge in [0, 0.05) is 31.6 Å². The fraction of sp³-hybridized carbons (Fsp3) is 0.333. The molecule has 8 heteroatoms. The maximum absolute atomic E-state index is 13.1. The molecule has 1 saturated heterocycles. The number of hydrogen-bond donors (Lipinski definition) is 1. The molecule has 1 aromatic carbocycles. The van der Waals surface area contributed by atoms with Gasteiger partial charge < -0.3 is 14.4 Å². The second kappa shape index (κ2) is 8.45. The average molecular weight is 432 g/mol. The number of nitrogens with one attached hydrogen (secondary N) is 1. The van der Waals surface area contributed by atoms with E-state index in [9.17, 15) is 9.59 Å². The number of ether oxygens (including phenoxy) is 2. The predicted molar refractivity (Wildman–Crippen MR) is 117 cm³/mol. The predicted octanol–water partition coefficient (Wildman–Crippen LogP) is 3.37. The van der Waals surface area contributed by atoms with Crippen LogP contribution in [0, 0.1) is 5.92 Å². The van der Waals surface area contributed by atoms with Crippen molar-refractivity contribution in [1.82, 2.24) is 20.1 Å². The number of aromatic nitrogens is 3. The first kappa shape index (κ1) is 20.2. The van der Waals surface area contributed by atoms with Crippen LogP contribution >= 0.6 is 0 Å². The summed E-state index contributed by atoms with van der Waals surface area (Å²) < 4.78 is 11.4. The Morgan fingerprint density at radius 2 is 2.12 bits per heavy atom. The van der Waals surface area contributed by atoms with Crippen molar-refractivity contribution < 1.29 is 19.1 Å². The number of carbonyl (C=O) groups excluding carboxylic acids is 2. The molecule has 2 atom stereocenters. The molecule has 2 aliphatic rings. The van der Waals surface area contributed by atoms with Gasteiger partial charge in [0.15, 0.2) is 5.78 Å². The molecule has 4 heterocycles. The van der Waals surface area contributed by atoms with Crippen molar-refractivity contribution in [2.45, 2.75) is 25.4 Å². The number of piperidine rings is 1. The van der Waals surface area contributed by atoms with Crippen LogP contribution in [0.15, 0.2) is 48.7 Å². The number of Topliss-reactive ketones (excluding diaryl/α,β-unsaturated/α-hetero) is 1. The minimum atomic E-state index is -0.246. The van der Waals surface area contributed by atoms with E-state index >= 15 is 0 Å². The standard InChI is InChI=1S/C24H24N4O4/c1-31-16-7-8-22-17(11-16)21(29)13-23(32-22)15-5-4-10-28(14-15)24(30)20-12-19(26-27-20)18-6-2-3-9-25-18/h2-3,6-9,11-12,15,23H,4-5,10,13-14H2,1H3,(H,26,27). The molecule has 1 fully saturated rings. The van der Waals surface area contributed by atoms with Crippen molar-refractivity contribution in [3.8, 4) is 22.9 Å². The van der Waals surface area contributed by atoms with Gasteiger partial charge in [-0.25, -0.2) is 0 Å². The molecular formula is C24H24N4O4. The summed E-state index contributed by atoms with van der Waals surface area (Å²) in [6, 6.07) is 12.6. The van der Waals surface area contributed by atoms with Gasteiger partial charge in [0.25, 0.3) is 5.91 Å². The third kappa shape index (κ3) is 3.84. The number of aromatic amines is 1. The lowest BCUT2D eigenvalue weighted by Crippen LogP contribution is -2.46. The van der Waals surface area contributed by atoms with Crippen LogP contribution in [-0.4, -0.2) is 58.1 Å². The Labute approximate surface area is 185 Å². The monoisotopic (exact) mass is 432 g/mol. The lowest BCUT2D eigenvalue weighted by molar-refractivity contribution is 0.0405. The molecule has 32 heavy (non-hydrogen) atoms. The van der Waals surface area contributed by atoms with E-state index in [0.717, 1.165) is 12.8 Å². The summed E-state index contributed by atoms with van der Waals surface area (Å²) in [6.45, 7) is 1.21. The molecule has 2 aliphatic heterocycles. The SMILES string of the molecule is COc1ccc2c(c1)C(=O)CC(C1CCCN(C(=O)c3cc(-c4ccccn4)n[nH]3)C1)O2. The zero-order valence-electron chi connectivity index (χ0n) is 17.8. The average Bonchev–Trinajstić information content (AvgIpc) is 3.34. The van der Waals surface area contributed by atoms with Gasteiger partial charge in [-0.15, -0.1) is 0 Å². The number of pyridine rings is 1. The van der Waals surface area contributed by atoms with Gasteiger partial charge in [0.1, 0.15) is 29.0 Å². The first-order valence-electron chi connectivity index (χ1n) is 10.8. The number of amides is 1. The van der Waals surface area contributed by atoms with Crippen LogP contribution in [0.5, 0.6) is 11.5 Å². The normalized spacial score (nSPS) is 20.4. The highest BCUT2D eigenvalue weighted by Gasteiger charge is 2.36. The van der Waals surface area contributed by atoms with Crippen LogP contribution in [0.3, 0.4) is 0 Å². The molecule has 0 spiro atoms. The van der Waals surface area contributed by atoms with Crippen LogP contribution in [0.2, 0.25) is 0 Å². The summed E-state index contributed by atoms with van der Waals surface area (Å²) >= 11 is 0. The Morgan fingerprint density at radius 3 is 2.94 bits per heavy atom. The maximum atomic E-state index is 13.1. The molecule has 1 amide bonds. The molecule has 0 aliphatic carbocycles. The van der Waals surface area contributed by atoms with Crippen molar-refractivity contribution in [1.29, 1.82) is 0 Å². The van der Waals surface area contributed by atoms with E-state index in [1.54, 1.807) is 37.6 Å². The summed E-state index contributed by atoms with van der Waals surface area (Å²) in [4.78, 5) is 32.0. The van der Waals surface area contributed by atoms with Crippen LogP contribution in [0.4, 0.5) is 0 Å². The molecule has 0 saturated carbocycles. The van der Waals surface area contributed by atoms with Crippen LogP contribution in [-0.2, 0) is 0 Å². The largest absolute Gasteiger partial charge is 0.497 e. The van der Waals surface area contributed by atoms with Crippen LogP contribution in [0.25, 0.3) is 11.4 Å². The molecule has 2 unspecified atom stereocenters. The van der Waals surface area contributed by atoms with Gasteiger partial charge in [0.2, 0.25) is 0 Å². The number of rotatable bonds is 4. The van der Waals surface area contributed by atoms with Crippen molar-refractivity contribution in [2.75, 3.05) is 20.2 Å². The van der Waals surface area contributed by atoms with E-state index in [1.807, 2.05) is 23.1 Å². The minimum Gasteiger partial charge on any atom is -0.497 e. The van der Waals surface area contributed by atoms with Gasteiger partial charge in [-0.2, -0.15) is 5.10 Å². The summed E-state index contributed by atoms with van der Waals surface area (Å²) in [5.74, 6) is 1.26. The first-order valence-corrected chi connectivity index (χ1v) is 10.8. The second-order valence-corrected chi connectivity index (χ2v) is 8.18. The number of hydrogen-bond acceptors (Lipinski definition) is 6. The van der Waals surface area contributed by atoms with E-state index in [1.165, 1.54) is 0 Å². The van der Waals surface area contributed by atoms with Gasteiger partial charge in [-0.05, 0) is 49.2 Å². The highest BCUT2D eigenvalue weighted by atomic mass is 16.5. The zero-order valence-corrected chi connectivity index (χ0v) is 17.8. The molecule has 2 aromatic heterocycles. The van der Waals surface area contributed by atoms with Crippen molar-refractivity contribution in [3.63, 3.8) is 0 Å². The van der Waals surface area contributed by atoms with Gasteiger partial charge in [-0.3, -0.25) is 19.7 Å². The summed E-state index contributed by atoms with van der Waals surface area (Å²) in [7, 11) is 1.57. The summed E-state index contributed by atoms with van der Waals surface area (Å²) in [5.41, 5.74) is 2.34. The van der Waals surface area contributed by atoms with Crippen molar-refractivity contribution >= 4 is 11.7 Å². The Kier molecular flexibility index (Phi) is 5.34. The van der Waals surface area contributed by atoms with E-state index < -0.39 is 0 Å². The maximum Gasteiger partial charge on any atom is 0.271 e. The highest BCUT2D eigenvalue weighted by molar-refractivity contribution is 6.00. The Morgan fingerprint density at radius 1 is 1.22 bits per heavy atom. The third-order valence-electron chi connectivity index (χ3n) is 6.16. The third-order valence-corrected chi connectivity index (χ3v) is 6.16. The molecule has 5 rings (SSSR count). The summed E-state index contributed by atoms with van der Waals surface area (Å²) in [5, 5.41) is 7.09. The Hall–Kier alpha value is -3.68. The van der Waals surface area contributed by atoms with Crippen LogP contribution in [0.1, 0.15) is 40.1 Å². The van der Waals surface area contributed by atoms with E-state index in [4.69, 9.17) is 9.47 Å². The first-order chi connectivity index (χ1) is 15.6. The Balaban J connectivity index is 1.29. The minimum absolute atomic E-state index is 0.0483. The fourth-order valence-electron chi connectivity index (χ4n) is 4.46. The van der Waals surface area contributed by atoms with Gasteiger partial charge in [-0.1, -0.05) is 6.07 Å². The van der Waals surface area contributed by atoms with E-state index in [-0.39, 0.29) is 23.7 Å². The topological polar surface area (TPSA) is 97.4 Å². The number of ketones is 1. The zero-order chi connectivity index (χ0) is 22.1. The highest BCUT2D eigenvalue weighted by Crippen LogP contribution is 2.35. The lowest BCUT2D eigenvalue weighted by Gasteiger charge is -2.38. The fourth-order valence-corrected chi connectivity index (χ4v) is 4.46. The quantitative estimate of drug-likeness (QED) is 0.679. The molecule has 0 radical (unpaired) electrons. The van der Waals surface area contributed by atoms with Gasteiger partial charge >= 0.3 is 0 Å². The van der Waals surface area contributed by atoms with Gasteiger partial charge in [0.05, 0.1) is 18.4 Å². The van der Waals surface area contributed by atoms with E-state index in [2.05, 4.69) is 15.2 Å². The molecular weight excluding hydrogens is 408 g/mol. The molecule has 1 N–H and O–H groups in total. The second-order valence-electron chi connectivity index (χ2n) is 8.18. The number of H-pyrrole nitrogens is 1. The molecule has 3 aromatic rings. The molecule has 164 valence electrons.